The highest BCUT2D eigenvalue weighted by Crippen LogP contribution is 2.04. The molecule has 0 aromatic heterocycles. The predicted molar refractivity (Wildman–Crippen MR) is 48.3 cm³/mol. The van der Waals surface area contributed by atoms with Gasteiger partial charge in [-0.15, -0.1) is 0 Å². The summed E-state index contributed by atoms with van der Waals surface area (Å²) in [6.07, 6.45) is 3.57. The molecule has 72 valence electrons. The van der Waals surface area contributed by atoms with E-state index < -0.39 is 0 Å². The summed E-state index contributed by atoms with van der Waals surface area (Å²) in [7, 11) is 1.72. The van der Waals surface area contributed by atoms with Gasteiger partial charge in [-0.25, -0.2) is 0 Å². The minimum Gasteiger partial charge on any atom is -0.385 e. The van der Waals surface area contributed by atoms with Crippen molar-refractivity contribution >= 4 is 0 Å². The van der Waals surface area contributed by atoms with E-state index in [1.807, 2.05) is 0 Å². The second-order valence-electron chi connectivity index (χ2n) is 3.21. The first-order valence-electron chi connectivity index (χ1n) is 4.73. The molecular formula is C9H19NO2. The number of ether oxygens (including phenoxy) is 2. The molecule has 0 spiro atoms. The lowest BCUT2D eigenvalue weighted by Gasteiger charge is -2.10. The fourth-order valence-corrected chi connectivity index (χ4v) is 1.43. The van der Waals surface area contributed by atoms with Crippen molar-refractivity contribution < 1.29 is 9.47 Å². The van der Waals surface area contributed by atoms with Gasteiger partial charge in [0.2, 0.25) is 0 Å². The first-order chi connectivity index (χ1) is 5.93. The maximum absolute atomic E-state index is 5.48. The molecule has 0 radical (unpaired) electrons. The molecule has 12 heavy (non-hydrogen) atoms. The van der Waals surface area contributed by atoms with Crippen LogP contribution in [0.2, 0.25) is 0 Å². The van der Waals surface area contributed by atoms with Crippen LogP contribution in [0.5, 0.6) is 0 Å². The standard InChI is InChI=1S/C9H19NO2/c1-11-6-3-7-12-8-9-4-2-5-10-9/h9-10H,2-8H2,1H3/t9-/m1/s1. The highest BCUT2D eigenvalue weighted by Gasteiger charge is 2.12. The summed E-state index contributed by atoms with van der Waals surface area (Å²) >= 11 is 0. The molecule has 1 aliphatic heterocycles. The Hall–Kier alpha value is -0.120. The molecule has 3 nitrogen and oxygen atoms in total. The Kier molecular flexibility index (Phi) is 5.32. The number of hydrogen-bond donors (Lipinski definition) is 1. The molecular weight excluding hydrogens is 154 g/mol. The zero-order valence-electron chi connectivity index (χ0n) is 7.84. The Morgan fingerprint density at radius 1 is 1.42 bits per heavy atom. The van der Waals surface area contributed by atoms with Gasteiger partial charge in [0.1, 0.15) is 0 Å². The minimum absolute atomic E-state index is 0.604. The van der Waals surface area contributed by atoms with Gasteiger partial charge in [0, 0.05) is 26.4 Å². The summed E-state index contributed by atoms with van der Waals surface area (Å²) in [5.74, 6) is 0. The van der Waals surface area contributed by atoms with Crippen molar-refractivity contribution in [3.8, 4) is 0 Å². The van der Waals surface area contributed by atoms with Crippen LogP contribution in [0.25, 0.3) is 0 Å². The van der Waals surface area contributed by atoms with E-state index in [2.05, 4.69) is 5.32 Å². The van der Waals surface area contributed by atoms with Gasteiger partial charge in [-0.05, 0) is 25.8 Å². The Labute approximate surface area is 74.4 Å². The maximum Gasteiger partial charge on any atom is 0.0619 e. The summed E-state index contributed by atoms with van der Waals surface area (Å²) in [6.45, 7) is 3.65. The van der Waals surface area contributed by atoms with E-state index in [4.69, 9.17) is 9.47 Å². The van der Waals surface area contributed by atoms with Crippen molar-refractivity contribution in [1.82, 2.24) is 5.32 Å². The molecule has 0 amide bonds. The van der Waals surface area contributed by atoms with Gasteiger partial charge in [-0.3, -0.25) is 0 Å². The second-order valence-corrected chi connectivity index (χ2v) is 3.21. The molecule has 0 aromatic carbocycles. The Morgan fingerprint density at radius 2 is 2.33 bits per heavy atom. The van der Waals surface area contributed by atoms with Crippen LogP contribution < -0.4 is 5.32 Å². The van der Waals surface area contributed by atoms with E-state index in [0.29, 0.717) is 6.04 Å². The topological polar surface area (TPSA) is 30.5 Å². The molecule has 0 unspecified atom stereocenters. The largest absolute Gasteiger partial charge is 0.385 e. The summed E-state index contributed by atoms with van der Waals surface area (Å²) < 4.78 is 10.4. The summed E-state index contributed by atoms with van der Waals surface area (Å²) in [5.41, 5.74) is 0. The van der Waals surface area contributed by atoms with Crippen molar-refractivity contribution in [2.75, 3.05) is 33.5 Å². The molecule has 1 N–H and O–H groups in total. The lowest BCUT2D eigenvalue weighted by atomic mass is 10.2. The maximum atomic E-state index is 5.48. The highest BCUT2D eigenvalue weighted by atomic mass is 16.5. The van der Waals surface area contributed by atoms with Crippen LogP contribution in [-0.4, -0.2) is 39.5 Å². The molecule has 3 heteroatoms. The van der Waals surface area contributed by atoms with E-state index in [1.54, 1.807) is 7.11 Å². The van der Waals surface area contributed by atoms with Crippen LogP contribution in [0.4, 0.5) is 0 Å². The average molecular weight is 173 g/mol. The Morgan fingerprint density at radius 3 is 3.00 bits per heavy atom. The lowest BCUT2D eigenvalue weighted by Crippen LogP contribution is -2.26. The molecule has 1 aliphatic rings. The van der Waals surface area contributed by atoms with Crippen molar-refractivity contribution in [3.05, 3.63) is 0 Å². The third-order valence-electron chi connectivity index (χ3n) is 2.12. The molecule has 0 aliphatic carbocycles. The van der Waals surface area contributed by atoms with E-state index in [9.17, 15) is 0 Å². The molecule has 1 rings (SSSR count). The normalized spacial score (nSPS) is 23.2. The third-order valence-corrected chi connectivity index (χ3v) is 2.12. The van der Waals surface area contributed by atoms with Crippen molar-refractivity contribution in [2.24, 2.45) is 0 Å². The molecule has 0 saturated carbocycles. The highest BCUT2D eigenvalue weighted by molar-refractivity contribution is 4.73. The van der Waals surface area contributed by atoms with Gasteiger partial charge < -0.3 is 14.8 Å². The summed E-state index contributed by atoms with van der Waals surface area (Å²) in [4.78, 5) is 0. The van der Waals surface area contributed by atoms with Gasteiger partial charge in [-0.2, -0.15) is 0 Å². The molecule has 0 aromatic rings. The number of methoxy groups -OCH3 is 1. The number of nitrogens with one attached hydrogen (secondary N) is 1. The van der Waals surface area contributed by atoms with Crippen LogP contribution in [0, 0.1) is 0 Å². The first kappa shape index (κ1) is 9.96. The molecule has 1 atom stereocenters. The van der Waals surface area contributed by atoms with Crippen LogP contribution in [0.1, 0.15) is 19.3 Å². The molecule has 1 saturated heterocycles. The third kappa shape index (κ3) is 4.04. The van der Waals surface area contributed by atoms with Crippen molar-refractivity contribution in [1.29, 1.82) is 0 Å². The minimum atomic E-state index is 0.604. The first-order valence-corrected chi connectivity index (χ1v) is 4.73. The summed E-state index contributed by atoms with van der Waals surface area (Å²) in [5, 5.41) is 3.39. The monoisotopic (exact) mass is 173 g/mol. The van der Waals surface area contributed by atoms with E-state index in [-0.39, 0.29) is 0 Å². The van der Waals surface area contributed by atoms with Gasteiger partial charge in [-0.1, -0.05) is 0 Å². The van der Waals surface area contributed by atoms with Gasteiger partial charge in [0.25, 0.3) is 0 Å². The number of rotatable bonds is 6. The van der Waals surface area contributed by atoms with Gasteiger partial charge >= 0.3 is 0 Å². The fraction of sp³-hybridized carbons (Fsp3) is 1.00. The average Bonchev–Trinajstić information content (AvgIpc) is 2.57. The zero-order chi connectivity index (χ0) is 8.65. The Balaban J connectivity index is 1.81. The Bertz CT molecular complexity index is 103. The quantitative estimate of drug-likeness (QED) is 0.602. The van der Waals surface area contributed by atoms with Crippen LogP contribution >= 0.6 is 0 Å². The smallest absolute Gasteiger partial charge is 0.0619 e. The van der Waals surface area contributed by atoms with Crippen LogP contribution in [0.15, 0.2) is 0 Å². The predicted octanol–water partition coefficient (Wildman–Crippen LogP) is 0.791. The molecule has 1 fully saturated rings. The van der Waals surface area contributed by atoms with E-state index in [0.717, 1.165) is 32.8 Å². The number of hydrogen-bond acceptors (Lipinski definition) is 3. The van der Waals surface area contributed by atoms with Crippen LogP contribution in [-0.2, 0) is 9.47 Å². The van der Waals surface area contributed by atoms with E-state index >= 15 is 0 Å². The van der Waals surface area contributed by atoms with Gasteiger partial charge in [0.15, 0.2) is 0 Å². The zero-order valence-corrected chi connectivity index (χ0v) is 7.84. The second kappa shape index (κ2) is 6.40. The van der Waals surface area contributed by atoms with Gasteiger partial charge in [0.05, 0.1) is 6.61 Å². The summed E-state index contributed by atoms with van der Waals surface area (Å²) in [6, 6.07) is 0.604. The molecule has 0 bridgehead atoms. The van der Waals surface area contributed by atoms with Crippen molar-refractivity contribution in [3.63, 3.8) is 0 Å². The van der Waals surface area contributed by atoms with Crippen LogP contribution in [0.3, 0.4) is 0 Å². The fourth-order valence-electron chi connectivity index (χ4n) is 1.43. The lowest BCUT2D eigenvalue weighted by molar-refractivity contribution is 0.0909. The van der Waals surface area contributed by atoms with Crippen molar-refractivity contribution in [2.45, 2.75) is 25.3 Å². The SMILES string of the molecule is COCCCOC[C@H]1CCCN1. The molecule has 1 heterocycles. The van der Waals surface area contributed by atoms with E-state index in [1.165, 1.54) is 12.8 Å².